The summed E-state index contributed by atoms with van der Waals surface area (Å²) in [5.74, 6) is 0.684. The van der Waals surface area contributed by atoms with Crippen LogP contribution in [0.1, 0.15) is 25.0 Å². The zero-order chi connectivity index (χ0) is 76.0. The largest absolute Gasteiger partial charge is 0.225 e. The molecule has 25 rings (SSSR count). The second kappa shape index (κ2) is 26.2. The number of nitrogens with zero attached hydrogens (tertiary/aromatic N) is 3. The van der Waals surface area contributed by atoms with Gasteiger partial charge in [-0.3, -0.25) is 0 Å². The Kier molecular flexibility index (Phi) is 15.0. The Balaban J connectivity index is 0.000000107. The van der Waals surface area contributed by atoms with Crippen molar-refractivity contribution in [2.75, 3.05) is 0 Å². The molecule has 0 amide bonds. The highest BCUT2D eigenvalue weighted by Gasteiger charge is 2.37. The molecule has 115 heavy (non-hydrogen) atoms. The van der Waals surface area contributed by atoms with Crippen LogP contribution in [-0.2, 0) is 5.41 Å². The zero-order valence-electron chi connectivity index (χ0n) is 63.4. The van der Waals surface area contributed by atoms with Crippen molar-refractivity contribution in [2.45, 2.75) is 19.3 Å². The molecule has 0 unspecified atom stereocenters. The first kappa shape index (κ1) is 66.1. The van der Waals surface area contributed by atoms with E-state index in [-0.39, 0.29) is 5.41 Å². The fraction of sp³-hybridized carbons (Fsp3) is 0.0268. The number of benzene rings is 20. The van der Waals surface area contributed by atoms with Crippen LogP contribution >= 0.6 is 0 Å². The fourth-order valence-electron chi connectivity index (χ4n) is 19.8. The van der Waals surface area contributed by atoms with Gasteiger partial charge in [-0.1, -0.05) is 360 Å². The average Bonchev–Trinajstić information content (AvgIpc) is 1.56. The predicted molar refractivity (Wildman–Crippen MR) is 484 cm³/mol. The maximum atomic E-state index is 4.31. The molecule has 0 saturated carbocycles. The van der Waals surface area contributed by atoms with Gasteiger partial charge in [-0.05, 0) is 268 Å². The molecule has 3 nitrogen and oxygen atoms in total. The quantitative estimate of drug-likeness (QED) is 0.149. The second-order valence-electron chi connectivity index (χ2n) is 31.5. The van der Waals surface area contributed by atoms with E-state index in [1.807, 2.05) is 0 Å². The lowest BCUT2D eigenvalue weighted by molar-refractivity contribution is 0.660. The van der Waals surface area contributed by atoms with Gasteiger partial charge in [-0.25, -0.2) is 15.0 Å². The monoisotopic (exact) mass is 1460 g/mol. The van der Waals surface area contributed by atoms with E-state index in [0.29, 0.717) is 5.82 Å². The van der Waals surface area contributed by atoms with Crippen LogP contribution in [0.15, 0.2) is 395 Å². The lowest BCUT2D eigenvalue weighted by Gasteiger charge is -2.22. The highest BCUT2D eigenvalue weighted by molar-refractivity contribution is 6.30. The summed E-state index contributed by atoms with van der Waals surface area (Å²) in [5.41, 5.74) is 37.8. The normalized spacial score (nSPS) is 12.5. The molecule has 0 spiro atoms. The summed E-state index contributed by atoms with van der Waals surface area (Å²) in [7, 11) is 0. The van der Waals surface area contributed by atoms with Gasteiger partial charge < -0.3 is 0 Å². The van der Waals surface area contributed by atoms with Gasteiger partial charge in [-0.15, -0.1) is 0 Å². The Bertz CT molecular complexity index is 7620. The molecule has 20 aromatic carbocycles. The summed E-state index contributed by atoms with van der Waals surface area (Å²) in [5, 5.41) is 18.1. The number of rotatable bonds is 7. The molecular formula is C112H71N3. The van der Waals surface area contributed by atoms with Crippen molar-refractivity contribution in [3.63, 3.8) is 0 Å². The third-order valence-electron chi connectivity index (χ3n) is 25.1. The molecule has 0 fully saturated rings. The first-order valence-corrected chi connectivity index (χ1v) is 39.8. The van der Waals surface area contributed by atoms with Crippen LogP contribution < -0.4 is 0 Å². The van der Waals surface area contributed by atoms with E-state index >= 15 is 0 Å². The Morgan fingerprint density at radius 2 is 0.574 bits per heavy atom. The molecule has 0 atom stereocenters. The van der Waals surface area contributed by atoms with Crippen molar-refractivity contribution in [2.24, 2.45) is 0 Å². The van der Waals surface area contributed by atoms with Crippen LogP contribution in [-0.4, -0.2) is 15.0 Å². The standard InChI is InChI=1S/C47H27N3.C37H26.C28H18/c1-3-7-38-28(5-1)17-18-41-43-25-35-6-2-4-8-39(35)45-40(19-20-42(44(38)41)46(43)45)36-15-13-31-21-29(9-11-33(31)23-36)30-10-12-34-24-37(16-14-32(34)22-30)47-49-26-48-27-50-47;1-37(2)33-19-8-7-15-32(33)36-30(18-10-20-34(36)37)24-12-4-3-11-23(24)27-21-22-31-26-14-6-5-13-25(26)28-16-9-17-29(27)35(28)31;1-2-8-19(9-3-1)20-10-6-11-21(18-20)22-16-17-27-24-13-5-4-12-23(24)26-15-7-14-25(22)28(26)27/h1-27H;3-22H,1-2H3;1-18H. The summed E-state index contributed by atoms with van der Waals surface area (Å²) < 4.78 is 0. The van der Waals surface area contributed by atoms with E-state index in [1.54, 1.807) is 0 Å². The third-order valence-corrected chi connectivity index (χ3v) is 25.1. The van der Waals surface area contributed by atoms with E-state index < -0.39 is 0 Å². The van der Waals surface area contributed by atoms with Gasteiger partial charge in [0.2, 0.25) is 0 Å². The topological polar surface area (TPSA) is 38.7 Å². The minimum absolute atomic E-state index is 0.00927. The molecule has 0 radical (unpaired) electrons. The summed E-state index contributed by atoms with van der Waals surface area (Å²) in [4.78, 5) is 12.6. The van der Waals surface area contributed by atoms with Crippen LogP contribution in [0.3, 0.4) is 0 Å². The van der Waals surface area contributed by atoms with Gasteiger partial charge in [0.05, 0.1) is 0 Å². The Labute approximate surface area is 667 Å². The lowest BCUT2D eigenvalue weighted by atomic mass is 9.81. The molecule has 4 aliphatic rings. The smallest absolute Gasteiger partial charge is 0.162 e. The van der Waals surface area contributed by atoms with E-state index in [4.69, 9.17) is 0 Å². The number of hydrogen-bond acceptors (Lipinski definition) is 3. The molecule has 534 valence electrons. The Morgan fingerprint density at radius 3 is 1.24 bits per heavy atom. The van der Waals surface area contributed by atoms with Crippen LogP contribution in [0.4, 0.5) is 0 Å². The van der Waals surface area contributed by atoms with E-state index in [9.17, 15) is 0 Å². The maximum Gasteiger partial charge on any atom is 0.162 e. The van der Waals surface area contributed by atoms with E-state index in [0.717, 1.165) is 10.9 Å². The fourth-order valence-corrected chi connectivity index (χ4v) is 19.8. The average molecular weight is 1460 g/mol. The van der Waals surface area contributed by atoms with E-state index in [2.05, 4.69) is 411 Å². The van der Waals surface area contributed by atoms with E-state index in [1.165, 1.54) is 238 Å². The zero-order valence-corrected chi connectivity index (χ0v) is 63.4. The van der Waals surface area contributed by atoms with Crippen molar-refractivity contribution < 1.29 is 0 Å². The molecule has 0 aliphatic heterocycles. The van der Waals surface area contributed by atoms with Crippen LogP contribution in [0.25, 0.3) is 231 Å². The van der Waals surface area contributed by atoms with Crippen molar-refractivity contribution in [3.8, 4) is 156 Å². The van der Waals surface area contributed by atoms with Crippen molar-refractivity contribution in [1.82, 2.24) is 15.0 Å². The minimum Gasteiger partial charge on any atom is -0.225 e. The molecule has 1 aromatic heterocycles. The van der Waals surface area contributed by atoms with Crippen molar-refractivity contribution >= 4 is 75.4 Å². The van der Waals surface area contributed by atoms with Crippen LogP contribution in [0, 0.1) is 0 Å². The van der Waals surface area contributed by atoms with Gasteiger partial charge in [0.25, 0.3) is 0 Å². The van der Waals surface area contributed by atoms with Crippen LogP contribution in [0.5, 0.6) is 0 Å². The molecule has 3 heteroatoms. The summed E-state index contributed by atoms with van der Waals surface area (Å²) >= 11 is 0. The van der Waals surface area contributed by atoms with Crippen LogP contribution in [0.2, 0.25) is 0 Å². The second-order valence-corrected chi connectivity index (χ2v) is 31.5. The third kappa shape index (κ3) is 10.5. The molecule has 1 heterocycles. The highest BCUT2D eigenvalue weighted by Crippen LogP contribution is 2.58. The molecule has 4 aliphatic carbocycles. The number of aromatic nitrogens is 3. The number of hydrogen-bond donors (Lipinski definition) is 0. The summed E-state index contributed by atoms with van der Waals surface area (Å²) in [6, 6.07) is 141. The molecule has 0 saturated heterocycles. The molecular weight excluding hydrogens is 1390 g/mol. The predicted octanol–water partition coefficient (Wildman–Crippen LogP) is 30.2. The summed E-state index contributed by atoms with van der Waals surface area (Å²) in [6.45, 7) is 4.71. The first-order valence-electron chi connectivity index (χ1n) is 39.8. The van der Waals surface area contributed by atoms with Gasteiger partial charge >= 0.3 is 0 Å². The Morgan fingerprint density at radius 1 is 0.183 bits per heavy atom. The van der Waals surface area contributed by atoms with Gasteiger partial charge in [0, 0.05) is 11.0 Å². The van der Waals surface area contributed by atoms with Gasteiger partial charge in [0.1, 0.15) is 12.7 Å². The summed E-state index contributed by atoms with van der Waals surface area (Å²) in [6.07, 6.45) is 3.07. The molecule has 0 N–H and O–H groups in total. The van der Waals surface area contributed by atoms with Gasteiger partial charge in [0.15, 0.2) is 5.82 Å². The first-order chi connectivity index (χ1) is 56.8. The Hall–Kier alpha value is -14.8. The molecule has 21 aromatic rings. The SMILES string of the molecule is CC1(C)c2ccccc2-c2c(-c3ccccc3-c3ccc4c5c(cccc35)-c3ccccc3-4)cccc21.c1ccc(-c2cccc(-c3ccc4c5c(cccc35)-c3ccccc3-4)c2)cc1.c1ccc2c3c(ccc2c1)-c1cc2ccccc2c2c(-c4ccc5cc(-c6ccc7cc(-c8ncncn8)ccc7c6)ccc5c4)ccc-3c12. The highest BCUT2D eigenvalue weighted by atomic mass is 15.0. The number of fused-ring (bicyclic) bond motifs is 18. The minimum atomic E-state index is -0.00927. The lowest BCUT2D eigenvalue weighted by Crippen LogP contribution is -2.14. The maximum absolute atomic E-state index is 4.31. The van der Waals surface area contributed by atoms with Crippen molar-refractivity contribution in [1.29, 1.82) is 0 Å². The van der Waals surface area contributed by atoms with Gasteiger partial charge in [-0.2, -0.15) is 0 Å². The molecule has 0 bridgehead atoms. The van der Waals surface area contributed by atoms with Crippen molar-refractivity contribution in [3.05, 3.63) is 406 Å².